The van der Waals surface area contributed by atoms with Crippen molar-refractivity contribution < 1.29 is 23.5 Å². The van der Waals surface area contributed by atoms with Gasteiger partial charge in [-0.3, -0.25) is 14.4 Å². The zero-order chi connectivity index (χ0) is 26.4. The summed E-state index contributed by atoms with van der Waals surface area (Å²) in [4.78, 5) is 40.0. The fourth-order valence-electron chi connectivity index (χ4n) is 4.63. The van der Waals surface area contributed by atoms with Gasteiger partial charge in [0.2, 0.25) is 12.8 Å². The fourth-order valence-corrected chi connectivity index (χ4v) is 4.63. The highest BCUT2D eigenvalue weighted by atomic mass is 16.5. The number of ether oxygens (including phenoxy) is 1. The molecule has 3 N–H and O–H groups in total. The number of hydrogen-bond donors (Lipinski definition) is 3. The maximum Gasteiger partial charge on any atom is 0.254 e. The smallest absolute Gasteiger partial charge is 0.254 e. The molecule has 2 aliphatic rings. The number of carbonyl (C=O) groups excluding carboxylic acids is 3. The molecular formula is C26H32N6O5. The van der Waals surface area contributed by atoms with Gasteiger partial charge in [-0.2, -0.15) is 0 Å². The van der Waals surface area contributed by atoms with Crippen LogP contribution in [0.3, 0.4) is 0 Å². The van der Waals surface area contributed by atoms with Crippen molar-refractivity contribution in [2.45, 2.75) is 19.0 Å². The highest BCUT2D eigenvalue weighted by molar-refractivity contribution is 5.98. The third-order valence-electron chi connectivity index (χ3n) is 6.78. The molecule has 0 unspecified atom stereocenters. The number of benzene rings is 1. The number of anilines is 1. The van der Waals surface area contributed by atoms with Crippen LogP contribution < -0.4 is 25.6 Å². The molecule has 5 rings (SSSR count). The summed E-state index contributed by atoms with van der Waals surface area (Å²) in [5, 5.41) is 9.53. The molecule has 1 atom stereocenters. The Morgan fingerprint density at radius 3 is 2.59 bits per heavy atom. The molecule has 0 aliphatic carbocycles. The lowest BCUT2D eigenvalue weighted by Crippen LogP contribution is -2.47. The van der Waals surface area contributed by atoms with Crippen molar-refractivity contribution in [3.8, 4) is 5.75 Å². The molecule has 2 aliphatic heterocycles. The van der Waals surface area contributed by atoms with Gasteiger partial charge in [-0.25, -0.2) is 4.98 Å². The minimum absolute atomic E-state index is 0.0136. The maximum absolute atomic E-state index is 13.1. The first-order valence-corrected chi connectivity index (χ1v) is 12.1. The predicted molar refractivity (Wildman–Crippen MR) is 139 cm³/mol. The average molecular weight is 509 g/mol. The zero-order valence-electron chi connectivity index (χ0n) is 21.2. The second kappa shape index (κ2) is 11.4. The van der Waals surface area contributed by atoms with E-state index in [1.54, 1.807) is 18.6 Å². The molecule has 0 saturated carbocycles. The van der Waals surface area contributed by atoms with Crippen molar-refractivity contribution in [3.05, 3.63) is 53.4 Å². The number of carbonyl (C=O) groups is 3. The Morgan fingerprint density at radius 1 is 1.19 bits per heavy atom. The number of nitrogens with zero attached hydrogens (tertiary/aromatic N) is 3. The lowest BCUT2D eigenvalue weighted by atomic mass is 9.98. The summed E-state index contributed by atoms with van der Waals surface area (Å²) >= 11 is 0. The Kier molecular flexibility index (Phi) is 8.04. The first-order chi connectivity index (χ1) is 17.9. The van der Waals surface area contributed by atoms with Crippen LogP contribution >= 0.6 is 0 Å². The molecule has 2 aromatic heterocycles. The fraction of sp³-hybridized carbons (Fsp3) is 0.385. The molecule has 37 heavy (non-hydrogen) atoms. The van der Waals surface area contributed by atoms with Gasteiger partial charge < -0.3 is 34.9 Å². The predicted octanol–water partition coefficient (Wildman–Crippen LogP) is 1.23. The van der Waals surface area contributed by atoms with Crippen LogP contribution in [0.4, 0.5) is 5.82 Å². The van der Waals surface area contributed by atoms with Crippen LogP contribution in [-0.4, -0.2) is 75.5 Å². The Morgan fingerprint density at radius 2 is 1.95 bits per heavy atom. The van der Waals surface area contributed by atoms with E-state index in [-0.39, 0.29) is 5.91 Å². The van der Waals surface area contributed by atoms with E-state index in [9.17, 15) is 4.79 Å². The van der Waals surface area contributed by atoms with Crippen molar-refractivity contribution >= 4 is 35.5 Å². The van der Waals surface area contributed by atoms with Crippen LogP contribution in [0.15, 0.2) is 40.9 Å². The zero-order valence-corrected chi connectivity index (χ0v) is 21.2. The van der Waals surface area contributed by atoms with Gasteiger partial charge in [0.1, 0.15) is 22.9 Å². The van der Waals surface area contributed by atoms with E-state index < -0.39 is 5.54 Å². The molecule has 1 fully saturated rings. The molecule has 0 spiro atoms. The quantitative estimate of drug-likeness (QED) is 0.385. The minimum atomic E-state index is -0.554. The largest absolute Gasteiger partial charge is 0.497 e. The van der Waals surface area contributed by atoms with E-state index in [0.717, 1.165) is 54.3 Å². The van der Waals surface area contributed by atoms with Crippen LogP contribution in [0.2, 0.25) is 0 Å². The number of piperazine rings is 1. The topological polar surface area (TPSA) is 129 Å². The van der Waals surface area contributed by atoms with Gasteiger partial charge in [-0.1, -0.05) is 6.07 Å². The summed E-state index contributed by atoms with van der Waals surface area (Å²) in [7, 11) is 3.52. The van der Waals surface area contributed by atoms with Crippen molar-refractivity contribution in [2.24, 2.45) is 0 Å². The number of nitrogens with one attached hydrogen (secondary N) is 3. The van der Waals surface area contributed by atoms with Gasteiger partial charge in [0.05, 0.1) is 18.0 Å². The Labute approximate surface area is 215 Å². The van der Waals surface area contributed by atoms with E-state index in [1.807, 2.05) is 36.2 Å². The standard InChI is InChI=1S/C24H29N5O3.C2H3NO2/c1-24(25-2,15-29-14-16-4-5-17(31-3)12-18(16)23(29)30)21-13-19-20(32-21)6-7-27-22(19)28-10-8-26-9-11-28;4-1-3-2-5/h4-7,12-13,25-26H,8-11,14-15H2,1-3H3;1-2H,(H,3,4,5)/t24-;/m0./s1. The highest BCUT2D eigenvalue weighted by Crippen LogP contribution is 2.35. The van der Waals surface area contributed by atoms with Gasteiger partial charge in [-0.15, -0.1) is 0 Å². The minimum Gasteiger partial charge on any atom is -0.497 e. The molecule has 196 valence electrons. The van der Waals surface area contributed by atoms with E-state index in [1.165, 1.54) is 0 Å². The van der Waals surface area contributed by atoms with Gasteiger partial charge >= 0.3 is 0 Å². The van der Waals surface area contributed by atoms with Crippen molar-refractivity contribution in [3.63, 3.8) is 0 Å². The third-order valence-corrected chi connectivity index (χ3v) is 6.78. The summed E-state index contributed by atoms with van der Waals surface area (Å²) in [5.74, 6) is 2.45. The van der Waals surface area contributed by atoms with Gasteiger partial charge in [0, 0.05) is 51.0 Å². The molecular weight excluding hydrogens is 476 g/mol. The van der Waals surface area contributed by atoms with Crippen molar-refractivity contribution in [1.29, 1.82) is 0 Å². The number of hydrogen-bond acceptors (Lipinski definition) is 9. The lowest BCUT2D eigenvalue weighted by molar-refractivity contribution is -0.117. The number of amides is 3. The maximum atomic E-state index is 13.1. The van der Waals surface area contributed by atoms with E-state index in [4.69, 9.17) is 18.7 Å². The molecule has 11 nitrogen and oxygen atoms in total. The molecule has 1 saturated heterocycles. The molecule has 0 radical (unpaired) electrons. The van der Waals surface area contributed by atoms with E-state index >= 15 is 0 Å². The Bertz CT molecular complexity index is 1270. The number of furan rings is 1. The summed E-state index contributed by atoms with van der Waals surface area (Å²) in [6, 6.07) is 9.67. The average Bonchev–Trinajstić information content (AvgIpc) is 3.51. The van der Waals surface area contributed by atoms with Crippen LogP contribution in [0.5, 0.6) is 5.75 Å². The first kappa shape index (κ1) is 26.1. The highest BCUT2D eigenvalue weighted by Gasteiger charge is 2.37. The van der Waals surface area contributed by atoms with Crippen molar-refractivity contribution in [2.75, 3.05) is 51.8 Å². The van der Waals surface area contributed by atoms with Gasteiger partial charge in [0.15, 0.2) is 0 Å². The summed E-state index contributed by atoms with van der Waals surface area (Å²) in [6.45, 7) is 6.84. The number of fused-ring (bicyclic) bond motifs is 2. The van der Waals surface area contributed by atoms with E-state index in [0.29, 0.717) is 37.2 Å². The summed E-state index contributed by atoms with van der Waals surface area (Å²) in [5.41, 5.74) is 1.98. The van der Waals surface area contributed by atoms with Crippen LogP contribution in [0.25, 0.3) is 11.0 Å². The van der Waals surface area contributed by atoms with Crippen LogP contribution in [-0.2, 0) is 21.7 Å². The number of pyridine rings is 1. The number of rotatable bonds is 8. The van der Waals surface area contributed by atoms with Crippen molar-refractivity contribution in [1.82, 2.24) is 25.8 Å². The molecule has 11 heteroatoms. The molecule has 3 aromatic rings. The number of imide groups is 1. The summed E-state index contributed by atoms with van der Waals surface area (Å²) in [6.07, 6.45) is 2.43. The van der Waals surface area contributed by atoms with Gasteiger partial charge in [-0.05, 0) is 43.8 Å². The molecule has 1 aromatic carbocycles. The second-order valence-electron chi connectivity index (χ2n) is 9.06. The normalized spacial score (nSPS) is 16.5. The summed E-state index contributed by atoms with van der Waals surface area (Å²) < 4.78 is 11.6. The second-order valence-corrected chi connectivity index (χ2v) is 9.06. The molecule has 4 heterocycles. The molecule has 0 bridgehead atoms. The van der Waals surface area contributed by atoms with Gasteiger partial charge in [0.25, 0.3) is 5.91 Å². The third kappa shape index (κ3) is 5.42. The Hall–Kier alpha value is -3.96. The van der Waals surface area contributed by atoms with E-state index in [2.05, 4.69) is 33.5 Å². The lowest BCUT2D eigenvalue weighted by Gasteiger charge is -2.31. The molecule has 3 amide bonds. The Balaban J connectivity index is 0.000000586. The monoisotopic (exact) mass is 508 g/mol. The first-order valence-electron chi connectivity index (χ1n) is 12.1. The van der Waals surface area contributed by atoms with Crippen LogP contribution in [0.1, 0.15) is 28.6 Å². The SMILES string of the molecule is CN[C@@](C)(CN1Cc2ccc(OC)cc2C1=O)c1cc2c(N3CCNCC3)nccc2o1.O=CNC=O. The number of aromatic nitrogens is 1. The number of methoxy groups -OCH3 is 1. The van der Waals surface area contributed by atoms with Crippen LogP contribution in [0, 0.1) is 0 Å². The number of likely N-dealkylation sites (N-methyl/N-ethyl adjacent to an activating group) is 1.